The second kappa shape index (κ2) is 10.2. The number of likely N-dealkylation sites (tertiary alicyclic amines) is 1. The topological polar surface area (TPSA) is 70.1 Å². The molecule has 0 N–H and O–H groups in total. The molecule has 2 unspecified atom stereocenters. The number of benzene rings is 2. The Bertz CT molecular complexity index is 1180. The molecule has 6 heteroatoms. The van der Waals surface area contributed by atoms with Crippen LogP contribution in [0.1, 0.15) is 51.3 Å². The Hall–Kier alpha value is -3.10. The highest BCUT2D eigenvalue weighted by atomic mass is 35.5. The minimum absolute atomic E-state index is 0.0529. The van der Waals surface area contributed by atoms with E-state index in [4.69, 9.17) is 21.4 Å². The van der Waals surface area contributed by atoms with Gasteiger partial charge in [-0.05, 0) is 80.2 Å². The second-order valence-electron chi connectivity index (χ2n) is 8.98. The molecule has 2 heterocycles. The molecule has 0 radical (unpaired) electrons. The number of aromatic nitrogens is 1. The number of rotatable bonds is 7. The summed E-state index contributed by atoms with van der Waals surface area (Å²) in [6.07, 6.45) is 3.83. The van der Waals surface area contributed by atoms with Crippen molar-refractivity contribution in [1.82, 2.24) is 10.1 Å². The average Bonchev–Trinajstić information content (AvgIpc) is 3.47. The van der Waals surface area contributed by atoms with Crippen LogP contribution < -0.4 is 0 Å². The lowest BCUT2D eigenvalue weighted by molar-refractivity contribution is 0.0771. The van der Waals surface area contributed by atoms with E-state index in [2.05, 4.69) is 42.4 Å². The molecule has 2 aromatic carbocycles. The minimum Gasteiger partial charge on any atom is -0.361 e. The van der Waals surface area contributed by atoms with Crippen LogP contribution in [0.4, 0.5) is 0 Å². The van der Waals surface area contributed by atoms with E-state index < -0.39 is 0 Å². The smallest absolute Gasteiger partial charge is 0.276 e. The number of amides is 1. The highest BCUT2D eigenvalue weighted by molar-refractivity contribution is 6.31. The summed E-state index contributed by atoms with van der Waals surface area (Å²) < 4.78 is 5.10. The van der Waals surface area contributed by atoms with E-state index >= 15 is 0 Å². The molecule has 170 valence electrons. The standard InChI is InChI=1S/C27H28ClN3O2/c1-18-5-3-4-6-21(18)15-22(9-7-20-8-10-23(16-29)25(28)14-20)24-11-12-31(17-24)27(32)26-13-19(2)33-30-26/h3-6,8,10,13-14,22,24H,7,9,11-12,15,17H2,1-2H3. The summed E-state index contributed by atoms with van der Waals surface area (Å²) in [6, 6.07) is 18.0. The maximum Gasteiger partial charge on any atom is 0.276 e. The van der Waals surface area contributed by atoms with Crippen LogP contribution in [0.25, 0.3) is 0 Å². The third kappa shape index (κ3) is 5.46. The van der Waals surface area contributed by atoms with Crippen molar-refractivity contribution in [2.45, 2.75) is 39.5 Å². The summed E-state index contributed by atoms with van der Waals surface area (Å²) in [5.74, 6) is 1.43. The number of aryl methyl sites for hydroxylation is 3. The van der Waals surface area contributed by atoms with E-state index in [9.17, 15) is 4.79 Å². The van der Waals surface area contributed by atoms with Gasteiger partial charge in [-0.2, -0.15) is 5.26 Å². The zero-order valence-corrected chi connectivity index (χ0v) is 19.8. The van der Waals surface area contributed by atoms with Gasteiger partial charge >= 0.3 is 0 Å². The molecular formula is C27H28ClN3O2. The molecule has 5 nitrogen and oxygen atoms in total. The summed E-state index contributed by atoms with van der Waals surface area (Å²) in [7, 11) is 0. The van der Waals surface area contributed by atoms with Gasteiger partial charge in [0, 0.05) is 19.2 Å². The highest BCUT2D eigenvalue weighted by Crippen LogP contribution is 2.32. The summed E-state index contributed by atoms with van der Waals surface area (Å²) in [5.41, 5.74) is 4.68. The number of hydrogen-bond acceptors (Lipinski definition) is 4. The van der Waals surface area contributed by atoms with Crippen molar-refractivity contribution in [3.63, 3.8) is 0 Å². The molecule has 1 aromatic heterocycles. The number of nitriles is 1. The third-order valence-electron chi connectivity index (χ3n) is 6.73. The summed E-state index contributed by atoms with van der Waals surface area (Å²) in [5, 5.41) is 13.5. The molecule has 0 bridgehead atoms. The van der Waals surface area contributed by atoms with E-state index in [1.165, 1.54) is 11.1 Å². The van der Waals surface area contributed by atoms with Crippen LogP contribution in [-0.4, -0.2) is 29.1 Å². The first-order chi connectivity index (χ1) is 15.9. The van der Waals surface area contributed by atoms with Gasteiger partial charge in [0.2, 0.25) is 0 Å². The van der Waals surface area contributed by atoms with Gasteiger partial charge in [0.05, 0.1) is 10.6 Å². The van der Waals surface area contributed by atoms with Gasteiger partial charge < -0.3 is 9.42 Å². The molecule has 1 saturated heterocycles. The van der Waals surface area contributed by atoms with Gasteiger partial charge in [0.1, 0.15) is 11.8 Å². The van der Waals surface area contributed by atoms with Crippen molar-refractivity contribution < 1.29 is 9.32 Å². The molecule has 1 fully saturated rings. The fourth-order valence-corrected chi connectivity index (χ4v) is 5.01. The fraction of sp³-hybridized carbons (Fsp3) is 0.370. The molecule has 33 heavy (non-hydrogen) atoms. The first kappa shape index (κ1) is 23.1. The molecule has 4 rings (SSSR count). The van der Waals surface area contributed by atoms with E-state index in [1.807, 2.05) is 17.0 Å². The lowest BCUT2D eigenvalue weighted by Gasteiger charge is -2.25. The maximum atomic E-state index is 12.9. The number of carbonyl (C=O) groups is 1. The first-order valence-corrected chi connectivity index (χ1v) is 11.8. The first-order valence-electron chi connectivity index (χ1n) is 11.4. The van der Waals surface area contributed by atoms with Gasteiger partial charge in [-0.15, -0.1) is 0 Å². The normalized spacial score (nSPS) is 16.5. The summed E-state index contributed by atoms with van der Waals surface area (Å²) in [6.45, 7) is 5.42. The number of carbonyl (C=O) groups excluding carboxylic acids is 1. The Morgan fingerprint density at radius 2 is 2.09 bits per heavy atom. The lowest BCUT2D eigenvalue weighted by Crippen LogP contribution is -2.30. The highest BCUT2D eigenvalue weighted by Gasteiger charge is 2.33. The quantitative estimate of drug-likeness (QED) is 0.447. The Kier molecular flexibility index (Phi) is 7.15. The molecule has 1 aliphatic heterocycles. The van der Waals surface area contributed by atoms with Crippen LogP contribution in [0.2, 0.25) is 5.02 Å². The largest absolute Gasteiger partial charge is 0.361 e. The third-order valence-corrected chi connectivity index (χ3v) is 7.04. The van der Waals surface area contributed by atoms with Crippen molar-refractivity contribution >= 4 is 17.5 Å². The summed E-state index contributed by atoms with van der Waals surface area (Å²) >= 11 is 6.26. The predicted molar refractivity (Wildman–Crippen MR) is 128 cm³/mol. The molecule has 1 aliphatic rings. The molecule has 0 saturated carbocycles. The van der Waals surface area contributed by atoms with Crippen molar-refractivity contribution in [3.05, 3.63) is 87.3 Å². The Labute approximate surface area is 200 Å². The molecule has 3 aromatic rings. The van der Waals surface area contributed by atoms with Gasteiger partial charge in [-0.25, -0.2) is 0 Å². The SMILES string of the molecule is Cc1cc(C(=O)N2CCC(C(CCc3ccc(C#N)c(Cl)c3)Cc3ccccc3C)C2)no1. The zero-order chi connectivity index (χ0) is 23.4. The Balaban J connectivity index is 1.49. The monoisotopic (exact) mass is 461 g/mol. The molecule has 0 spiro atoms. The van der Waals surface area contributed by atoms with Crippen LogP contribution in [0.5, 0.6) is 0 Å². The second-order valence-corrected chi connectivity index (χ2v) is 9.39. The maximum absolute atomic E-state index is 12.9. The van der Waals surface area contributed by atoms with Crippen molar-refractivity contribution in [3.8, 4) is 6.07 Å². The van der Waals surface area contributed by atoms with Gasteiger partial charge in [0.25, 0.3) is 5.91 Å². The number of nitrogens with zero attached hydrogens (tertiary/aromatic N) is 3. The minimum atomic E-state index is -0.0529. The van der Waals surface area contributed by atoms with Crippen LogP contribution in [0, 0.1) is 37.0 Å². The molecular weight excluding hydrogens is 434 g/mol. The van der Waals surface area contributed by atoms with Crippen molar-refractivity contribution in [2.24, 2.45) is 11.8 Å². The number of halogens is 1. The van der Waals surface area contributed by atoms with Crippen LogP contribution in [-0.2, 0) is 12.8 Å². The van der Waals surface area contributed by atoms with E-state index in [-0.39, 0.29) is 5.91 Å². The van der Waals surface area contributed by atoms with Crippen LogP contribution in [0.3, 0.4) is 0 Å². The lowest BCUT2D eigenvalue weighted by atomic mass is 9.81. The van der Waals surface area contributed by atoms with Gasteiger partial charge in [-0.3, -0.25) is 4.79 Å². The van der Waals surface area contributed by atoms with Crippen molar-refractivity contribution in [2.75, 3.05) is 13.1 Å². The van der Waals surface area contributed by atoms with Crippen molar-refractivity contribution in [1.29, 1.82) is 5.26 Å². The van der Waals surface area contributed by atoms with E-state index in [0.717, 1.165) is 44.3 Å². The Morgan fingerprint density at radius 1 is 1.27 bits per heavy atom. The molecule has 1 amide bonds. The van der Waals surface area contributed by atoms with E-state index in [0.29, 0.717) is 33.9 Å². The van der Waals surface area contributed by atoms with E-state index in [1.54, 1.807) is 19.1 Å². The van der Waals surface area contributed by atoms with Gasteiger partial charge in [0.15, 0.2) is 5.69 Å². The predicted octanol–water partition coefficient (Wildman–Crippen LogP) is 5.77. The molecule has 0 aliphatic carbocycles. The fourth-order valence-electron chi connectivity index (χ4n) is 4.77. The summed E-state index contributed by atoms with van der Waals surface area (Å²) in [4.78, 5) is 14.8. The molecule has 2 atom stereocenters. The van der Waals surface area contributed by atoms with Crippen LogP contribution >= 0.6 is 11.6 Å². The number of hydrogen-bond donors (Lipinski definition) is 0. The Morgan fingerprint density at radius 3 is 2.79 bits per heavy atom. The zero-order valence-electron chi connectivity index (χ0n) is 19.1. The van der Waals surface area contributed by atoms with Gasteiger partial charge in [-0.1, -0.05) is 47.1 Å². The average molecular weight is 462 g/mol. The van der Waals surface area contributed by atoms with Crippen LogP contribution in [0.15, 0.2) is 53.1 Å².